The number of ether oxygens (including phenoxy) is 1. The van der Waals surface area contributed by atoms with Gasteiger partial charge < -0.3 is 10.1 Å². The lowest BCUT2D eigenvalue weighted by Crippen LogP contribution is -2.41. The average molecular weight is 184 g/mol. The highest BCUT2D eigenvalue weighted by molar-refractivity contribution is 5.76. The molecule has 0 bridgehead atoms. The van der Waals surface area contributed by atoms with Gasteiger partial charge in [0.25, 0.3) is 0 Å². The van der Waals surface area contributed by atoms with Crippen LogP contribution in [0.15, 0.2) is 0 Å². The van der Waals surface area contributed by atoms with Crippen molar-refractivity contribution in [3.8, 4) is 0 Å². The summed E-state index contributed by atoms with van der Waals surface area (Å²) in [6.07, 6.45) is 2.40. The van der Waals surface area contributed by atoms with Crippen LogP contribution in [-0.4, -0.2) is 25.7 Å². The van der Waals surface area contributed by atoms with Crippen LogP contribution in [-0.2, 0) is 9.53 Å². The average Bonchev–Trinajstić information content (AvgIpc) is 2.88. The lowest BCUT2D eigenvalue weighted by molar-refractivity contribution is -0.146. The minimum absolute atomic E-state index is 0.157. The van der Waals surface area contributed by atoms with Crippen molar-refractivity contribution in [2.75, 3.05) is 13.7 Å². The second-order valence-electron chi connectivity index (χ2n) is 3.52. The lowest BCUT2D eigenvalue weighted by atomic mass is 9.97. The summed E-state index contributed by atoms with van der Waals surface area (Å²) in [6, 6.07) is -0.229. The molecule has 2 unspecified atom stereocenters. The van der Waals surface area contributed by atoms with E-state index in [1.807, 2.05) is 6.92 Å². The predicted molar refractivity (Wildman–Crippen MR) is 51.1 cm³/mol. The summed E-state index contributed by atoms with van der Waals surface area (Å²) in [5, 5.41) is 2.97. The molecule has 1 N–H and O–H groups in total. The number of hydrogen-bond acceptors (Lipinski definition) is 3. The SMILES string of the molecule is [CH2]C(C1CC1)C(NC)C(=O)OCC. The van der Waals surface area contributed by atoms with Crippen molar-refractivity contribution in [1.29, 1.82) is 0 Å². The van der Waals surface area contributed by atoms with Gasteiger partial charge in [-0.15, -0.1) is 0 Å². The van der Waals surface area contributed by atoms with Gasteiger partial charge in [0, 0.05) is 0 Å². The predicted octanol–water partition coefficient (Wildman–Crippen LogP) is 0.998. The molecule has 0 aromatic carbocycles. The summed E-state index contributed by atoms with van der Waals surface area (Å²) < 4.78 is 4.95. The quantitative estimate of drug-likeness (QED) is 0.648. The van der Waals surface area contributed by atoms with Crippen molar-refractivity contribution in [3.63, 3.8) is 0 Å². The third kappa shape index (κ3) is 2.69. The largest absolute Gasteiger partial charge is 0.465 e. The van der Waals surface area contributed by atoms with Gasteiger partial charge in [-0.1, -0.05) is 0 Å². The van der Waals surface area contributed by atoms with Crippen molar-refractivity contribution in [3.05, 3.63) is 6.92 Å². The molecule has 75 valence electrons. The van der Waals surface area contributed by atoms with E-state index in [2.05, 4.69) is 12.2 Å². The standard InChI is InChI=1S/C10H18NO2/c1-4-13-10(12)9(11-3)7(2)8-5-6-8/h7-9,11H,2,4-6H2,1,3H3. The molecule has 1 fully saturated rings. The van der Waals surface area contributed by atoms with Crippen LogP contribution in [0.5, 0.6) is 0 Å². The van der Waals surface area contributed by atoms with E-state index in [0.29, 0.717) is 12.5 Å². The summed E-state index contributed by atoms with van der Waals surface area (Å²) >= 11 is 0. The molecule has 1 rings (SSSR count). The highest BCUT2D eigenvalue weighted by Crippen LogP contribution is 2.38. The molecule has 1 radical (unpaired) electrons. The first-order valence-corrected chi connectivity index (χ1v) is 4.87. The van der Waals surface area contributed by atoms with E-state index in [-0.39, 0.29) is 17.9 Å². The van der Waals surface area contributed by atoms with Crippen LogP contribution >= 0.6 is 0 Å². The number of esters is 1. The molecule has 2 atom stereocenters. The van der Waals surface area contributed by atoms with E-state index >= 15 is 0 Å². The Morgan fingerprint density at radius 2 is 2.31 bits per heavy atom. The summed E-state index contributed by atoms with van der Waals surface area (Å²) in [5.74, 6) is 0.600. The van der Waals surface area contributed by atoms with Gasteiger partial charge in [-0.25, -0.2) is 0 Å². The summed E-state index contributed by atoms with van der Waals surface area (Å²) in [5.41, 5.74) is 0. The zero-order chi connectivity index (χ0) is 9.84. The Balaban J connectivity index is 2.44. The maximum absolute atomic E-state index is 11.4. The second kappa shape index (κ2) is 4.61. The topological polar surface area (TPSA) is 38.3 Å². The fraction of sp³-hybridized carbons (Fsp3) is 0.800. The summed E-state index contributed by atoms with van der Waals surface area (Å²) in [4.78, 5) is 11.4. The maximum atomic E-state index is 11.4. The lowest BCUT2D eigenvalue weighted by Gasteiger charge is -2.21. The number of likely N-dealkylation sites (N-methyl/N-ethyl adjacent to an activating group) is 1. The van der Waals surface area contributed by atoms with Gasteiger partial charge in [0.2, 0.25) is 0 Å². The Morgan fingerprint density at radius 3 is 2.69 bits per heavy atom. The van der Waals surface area contributed by atoms with E-state index in [1.165, 1.54) is 12.8 Å². The fourth-order valence-corrected chi connectivity index (χ4v) is 1.54. The Hall–Kier alpha value is -0.570. The molecule has 1 saturated carbocycles. The number of carbonyl (C=O) groups excluding carboxylic acids is 1. The van der Waals surface area contributed by atoms with Gasteiger partial charge in [-0.2, -0.15) is 0 Å². The molecule has 0 spiro atoms. The Morgan fingerprint density at radius 1 is 1.69 bits per heavy atom. The molecule has 13 heavy (non-hydrogen) atoms. The van der Waals surface area contributed by atoms with Gasteiger partial charge >= 0.3 is 5.97 Å². The van der Waals surface area contributed by atoms with Crippen LogP contribution < -0.4 is 5.32 Å². The van der Waals surface area contributed by atoms with E-state index in [9.17, 15) is 4.79 Å². The van der Waals surface area contributed by atoms with Crippen LogP contribution in [0.1, 0.15) is 19.8 Å². The van der Waals surface area contributed by atoms with Gasteiger partial charge in [0.05, 0.1) is 6.61 Å². The second-order valence-corrected chi connectivity index (χ2v) is 3.52. The van der Waals surface area contributed by atoms with Crippen LogP contribution in [0.2, 0.25) is 0 Å². The normalized spacial score (nSPS) is 20.8. The number of hydrogen-bond donors (Lipinski definition) is 1. The molecule has 1 aliphatic carbocycles. The third-order valence-corrected chi connectivity index (χ3v) is 2.51. The minimum Gasteiger partial charge on any atom is -0.465 e. The molecular formula is C10H18NO2. The maximum Gasteiger partial charge on any atom is 0.323 e. The summed E-state index contributed by atoms with van der Waals surface area (Å²) in [7, 11) is 1.78. The zero-order valence-electron chi connectivity index (χ0n) is 8.38. The number of carbonyl (C=O) groups is 1. The van der Waals surface area contributed by atoms with Crippen molar-refractivity contribution in [2.45, 2.75) is 25.8 Å². The van der Waals surface area contributed by atoms with Crippen LogP contribution in [0.3, 0.4) is 0 Å². The van der Waals surface area contributed by atoms with Gasteiger partial charge in [0.1, 0.15) is 6.04 Å². The first-order chi connectivity index (χ1) is 6.20. The van der Waals surface area contributed by atoms with Crippen LogP contribution in [0.25, 0.3) is 0 Å². The molecular weight excluding hydrogens is 166 g/mol. The van der Waals surface area contributed by atoms with Gasteiger partial charge in [-0.05, 0) is 45.6 Å². The van der Waals surface area contributed by atoms with Crippen molar-refractivity contribution in [2.24, 2.45) is 11.8 Å². The Kier molecular flexibility index (Phi) is 3.72. The van der Waals surface area contributed by atoms with Gasteiger partial charge in [0.15, 0.2) is 0 Å². The molecule has 0 aliphatic heterocycles. The molecule has 0 aromatic heterocycles. The van der Waals surface area contributed by atoms with Crippen LogP contribution in [0, 0.1) is 18.8 Å². The monoisotopic (exact) mass is 184 g/mol. The third-order valence-electron chi connectivity index (χ3n) is 2.51. The van der Waals surface area contributed by atoms with Crippen molar-refractivity contribution >= 4 is 5.97 Å². The molecule has 1 aliphatic rings. The molecule has 3 nitrogen and oxygen atoms in total. The van der Waals surface area contributed by atoms with E-state index < -0.39 is 0 Å². The smallest absolute Gasteiger partial charge is 0.323 e. The van der Waals surface area contributed by atoms with Crippen LogP contribution in [0.4, 0.5) is 0 Å². The Bertz CT molecular complexity index is 178. The molecule has 0 aromatic rings. The Labute approximate surface area is 79.8 Å². The molecule has 0 saturated heterocycles. The highest BCUT2D eigenvalue weighted by atomic mass is 16.5. The van der Waals surface area contributed by atoms with Crippen molar-refractivity contribution in [1.82, 2.24) is 5.32 Å². The molecule has 0 heterocycles. The minimum atomic E-state index is -0.229. The first kappa shape index (κ1) is 10.5. The van der Waals surface area contributed by atoms with Gasteiger partial charge in [-0.3, -0.25) is 4.79 Å². The zero-order valence-corrected chi connectivity index (χ0v) is 8.38. The molecule has 0 amide bonds. The van der Waals surface area contributed by atoms with Crippen molar-refractivity contribution < 1.29 is 9.53 Å². The van der Waals surface area contributed by atoms with E-state index in [0.717, 1.165) is 0 Å². The highest BCUT2D eigenvalue weighted by Gasteiger charge is 2.36. The van der Waals surface area contributed by atoms with E-state index in [1.54, 1.807) is 7.05 Å². The molecule has 3 heteroatoms. The number of nitrogens with one attached hydrogen (secondary N) is 1. The fourth-order valence-electron chi connectivity index (χ4n) is 1.54. The van der Waals surface area contributed by atoms with E-state index in [4.69, 9.17) is 4.74 Å². The first-order valence-electron chi connectivity index (χ1n) is 4.87. The number of rotatable bonds is 5. The summed E-state index contributed by atoms with van der Waals surface area (Å²) in [6.45, 7) is 6.27.